The lowest BCUT2D eigenvalue weighted by Crippen LogP contribution is -2.54. The van der Waals surface area contributed by atoms with E-state index in [1.807, 2.05) is 0 Å². The molecule has 0 aromatic carbocycles. The molecule has 3 N–H and O–H groups in total. The smallest absolute Gasteiger partial charge is 0.240 e. The predicted molar refractivity (Wildman–Crippen MR) is 60.4 cm³/mol. The highest BCUT2D eigenvalue weighted by Crippen LogP contribution is 2.28. The molecule has 0 aromatic heterocycles. The topological polar surface area (TPSA) is 55.1 Å². The zero-order chi connectivity index (χ0) is 10.7. The van der Waals surface area contributed by atoms with Gasteiger partial charge in [-0.3, -0.25) is 4.79 Å². The molecule has 0 aromatic rings. The molecule has 1 amide bonds. The molecule has 0 bridgehead atoms. The summed E-state index contributed by atoms with van der Waals surface area (Å²) in [6.07, 6.45) is 10.1. The second kappa shape index (κ2) is 4.52. The molecule has 15 heavy (non-hydrogen) atoms. The Labute approximate surface area is 91.8 Å². The van der Waals surface area contributed by atoms with Crippen molar-refractivity contribution in [1.29, 1.82) is 0 Å². The fraction of sp³-hybridized carbons (Fsp3) is 0.917. The lowest BCUT2D eigenvalue weighted by molar-refractivity contribution is -0.127. The van der Waals surface area contributed by atoms with E-state index in [-0.39, 0.29) is 5.91 Å². The Hall–Kier alpha value is -0.570. The Morgan fingerprint density at radius 2 is 1.67 bits per heavy atom. The lowest BCUT2D eigenvalue weighted by atomic mass is 9.93. The van der Waals surface area contributed by atoms with Gasteiger partial charge in [0.05, 0.1) is 5.54 Å². The average Bonchev–Trinajstić information content (AvgIpc) is 2.68. The maximum absolute atomic E-state index is 12.0. The number of rotatable bonds is 2. The van der Waals surface area contributed by atoms with E-state index in [1.165, 1.54) is 19.3 Å². The van der Waals surface area contributed by atoms with Crippen LogP contribution in [0.1, 0.15) is 57.8 Å². The van der Waals surface area contributed by atoms with E-state index >= 15 is 0 Å². The molecule has 0 saturated heterocycles. The number of nitrogens with one attached hydrogen (secondary N) is 1. The van der Waals surface area contributed by atoms with Crippen molar-refractivity contribution in [3.05, 3.63) is 0 Å². The summed E-state index contributed by atoms with van der Waals surface area (Å²) >= 11 is 0. The van der Waals surface area contributed by atoms with Crippen LogP contribution in [0.15, 0.2) is 0 Å². The molecule has 0 heterocycles. The van der Waals surface area contributed by atoms with E-state index in [9.17, 15) is 4.79 Å². The number of hydrogen-bond acceptors (Lipinski definition) is 2. The number of carbonyl (C=O) groups is 1. The number of amides is 1. The maximum Gasteiger partial charge on any atom is 0.240 e. The van der Waals surface area contributed by atoms with Crippen LogP contribution in [0.25, 0.3) is 0 Å². The minimum absolute atomic E-state index is 0.104. The molecule has 2 rings (SSSR count). The normalized spacial score (nSPS) is 26.5. The van der Waals surface area contributed by atoms with Crippen molar-refractivity contribution in [2.24, 2.45) is 5.73 Å². The molecular formula is C12H22N2O. The van der Waals surface area contributed by atoms with E-state index < -0.39 is 5.54 Å². The van der Waals surface area contributed by atoms with Gasteiger partial charge in [0.2, 0.25) is 5.91 Å². The molecular weight excluding hydrogens is 188 g/mol. The van der Waals surface area contributed by atoms with Gasteiger partial charge < -0.3 is 11.1 Å². The van der Waals surface area contributed by atoms with Crippen molar-refractivity contribution in [1.82, 2.24) is 5.32 Å². The monoisotopic (exact) mass is 210 g/mol. The van der Waals surface area contributed by atoms with Gasteiger partial charge in [-0.15, -0.1) is 0 Å². The first kappa shape index (κ1) is 10.9. The predicted octanol–water partition coefficient (Wildman–Crippen LogP) is 1.71. The molecule has 86 valence electrons. The first-order valence-corrected chi connectivity index (χ1v) is 6.31. The minimum Gasteiger partial charge on any atom is -0.352 e. The summed E-state index contributed by atoms with van der Waals surface area (Å²) in [6, 6.07) is 0.396. The van der Waals surface area contributed by atoms with Crippen molar-refractivity contribution < 1.29 is 4.79 Å². The summed E-state index contributed by atoms with van der Waals surface area (Å²) in [5.74, 6) is 0.104. The highest BCUT2D eigenvalue weighted by atomic mass is 16.2. The highest BCUT2D eigenvalue weighted by Gasteiger charge is 2.37. The molecule has 0 unspecified atom stereocenters. The van der Waals surface area contributed by atoms with Gasteiger partial charge in [-0.05, 0) is 25.7 Å². The van der Waals surface area contributed by atoms with Crippen molar-refractivity contribution in [2.75, 3.05) is 0 Å². The molecule has 2 aliphatic carbocycles. The Kier molecular flexibility index (Phi) is 3.29. The highest BCUT2D eigenvalue weighted by molar-refractivity contribution is 5.86. The molecule has 2 saturated carbocycles. The fourth-order valence-electron chi connectivity index (χ4n) is 2.81. The summed E-state index contributed by atoms with van der Waals surface area (Å²) in [6.45, 7) is 0. The Balaban J connectivity index is 1.85. The maximum atomic E-state index is 12.0. The van der Waals surface area contributed by atoms with Gasteiger partial charge in [-0.25, -0.2) is 0 Å². The Morgan fingerprint density at radius 3 is 2.27 bits per heavy atom. The first-order chi connectivity index (χ1) is 7.21. The first-order valence-electron chi connectivity index (χ1n) is 6.31. The molecule has 0 spiro atoms. The van der Waals surface area contributed by atoms with Crippen LogP contribution in [0.4, 0.5) is 0 Å². The second-order valence-corrected chi connectivity index (χ2v) is 5.17. The van der Waals surface area contributed by atoms with E-state index in [1.54, 1.807) is 0 Å². The number of nitrogens with two attached hydrogens (primary N) is 1. The summed E-state index contributed by atoms with van der Waals surface area (Å²) in [5.41, 5.74) is 5.56. The molecule has 3 heteroatoms. The van der Waals surface area contributed by atoms with Gasteiger partial charge in [-0.2, -0.15) is 0 Å². The van der Waals surface area contributed by atoms with E-state index in [2.05, 4.69) is 5.32 Å². The van der Waals surface area contributed by atoms with Gasteiger partial charge >= 0.3 is 0 Å². The van der Waals surface area contributed by atoms with Crippen LogP contribution in [-0.2, 0) is 4.79 Å². The molecule has 0 aliphatic heterocycles. The van der Waals surface area contributed by atoms with Crippen LogP contribution in [-0.4, -0.2) is 17.5 Å². The van der Waals surface area contributed by atoms with E-state index in [0.717, 1.165) is 38.5 Å². The van der Waals surface area contributed by atoms with Crippen LogP contribution in [0.2, 0.25) is 0 Å². The minimum atomic E-state index is -0.544. The standard InChI is InChI=1S/C12H22N2O/c13-12(8-4-5-9-12)11(15)14-10-6-2-1-3-7-10/h10H,1-9,13H2,(H,14,15). The zero-order valence-corrected chi connectivity index (χ0v) is 9.43. The fourth-order valence-corrected chi connectivity index (χ4v) is 2.81. The largest absolute Gasteiger partial charge is 0.352 e. The zero-order valence-electron chi connectivity index (χ0n) is 9.43. The number of hydrogen-bond donors (Lipinski definition) is 2. The van der Waals surface area contributed by atoms with Gasteiger partial charge in [0.25, 0.3) is 0 Å². The third-order valence-corrected chi connectivity index (χ3v) is 3.89. The van der Waals surface area contributed by atoms with Crippen LogP contribution < -0.4 is 11.1 Å². The molecule has 2 fully saturated rings. The van der Waals surface area contributed by atoms with Crippen LogP contribution >= 0.6 is 0 Å². The third-order valence-electron chi connectivity index (χ3n) is 3.89. The van der Waals surface area contributed by atoms with Crippen LogP contribution in [0, 0.1) is 0 Å². The number of carbonyl (C=O) groups excluding carboxylic acids is 1. The lowest BCUT2D eigenvalue weighted by Gasteiger charge is -2.28. The van der Waals surface area contributed by atoms with Crippen LogP contribution in [0.5, 0.6) is 0 Å². The van der Waals surface area contributed by atoms with E-state index in [0.29, 0.717) is 6.04 Å². The van der Waals surface area contributed by atoms with Crippen molar-refractivity contribution >= 4 is 5.91 Å². The van der Waals surface area contributed by atoms with Crippen LogP contribution in [0.3, 0.4) is 0 Å². The molecule has 0 atom stereocenters. The van der Waals surface area contributed by atoms with Gasteiger partial charge in [-0.1, -0.05) is 32.1 Å². The molecule has 3 nitrogen and oxygen atoms in total. The summed E-state index contributed by atoms with van der Waals surface area (Å²) in [4.78, 5) is 12.0. The Morgan fingerprint density at radius 1 is 1.07 bits per heavy atom. The van der Waals surface area contributed by atoms with Gasteiger partial charge in [0.1, 0.15) is 0 Å². The van der Waals surface area contributed by atoms with Crippen molar-refractivity contribution in [3.8, 4) is 0 Å². The third kappa shape index (κ3) is 2.51. The van der Waals surface area contributed by atoms with Crippen molar-refractivity contribution in [3.63, 3.8) is 0 Å². The summed E-state index contributed by atoms with van der Waals surface area (Å²) in [7, 11) is 0. The SMILES string of the molecule is NC1(C(=O)NC2CCCCC2)CCCC1. The average molecular weight is 210 g/mol. The Bertz CT molecular complexity index is 228. The van der Waals surface area contributed by atoms with E-state index in [4.69, 9.17) is 5.73 Å². The molecule has 0 radical (unpaired) electrons. The molecule has 2 aliphatic rings. The van der Waals surface area contributed by atoms with Gasteiger partial charge in [0.15, 0.2) is 0 Å². The summed E-state index contributed by atoms with van der Waals surface area (Å²) < 4.78 is 0. The quantitative estimate of drug-likeness (QED) is 0.729. The second-order valence-electron chi connectivity index (χ2n) is 5.17. The van der Waals surface area contributed by atoms with Gasteiger partial charge in [0, 0.05) is 6.04 Å². The summed E-state index contributed by atoms with van der Waals surface area (Å²) in [5, 5.41) is 3.14. The van der Waals surface area contributed by atoms with Crippen molar-refractivity contribution in [2.45, 2.75) is 69.4 Å².